The molecule has 0 aromatic heterocycles. The third kappa shape index (κ3) is 10.0. The van der Waals surface area contributed by atoms with Gasteiger partial charge in [0.25, 0.3) is 0 Å². The fraction of sp³-hybridized carbons (Fsp3) is 0.667. The number of benzene rings is 1. The van der Waals surface area contributed by atoms with Crippen LogP contribution in [0.3, 0.4) is 0 Å². The molecule has 1 saturated heterocycles. The Morgan fingerprint density at radius 3 is 2.31 bits per heavy atom. The molecule has 2 nitrogen and oxygen atoms in total. The van der Waals surface area contributed by atoms with Crippen LogP contribution in [0.5, 0.6) is 5.75 Å². The summed E-state index contributed by atoms with van der Waals surface area (Å²) in [7, 11) is 0. The van der Waals surface area contributed by atoms with Crippen LogP contribution >= 0.6 is 0 Å². The molecule has 1 aliphatic heterocycles. The average molecular weight is 359 g/mol. The zero-order chi connectivity index (χ0) is 18.3. The van der Waals surface area contributed by atoms with Gasteiger partial charge in [-0.1, -0.05) is 75.8 Å². The number of aryl methyl sites for hydroxylation is 1. The summed E-state index contributed by atoms with van der Waals surface area (Å²) in [5, 5.41) is 0. The van der Waals surface area contributed by atoms with Crippen LogP contribution in [0.25, 0.3) is 0 Å². The fourth-order valence-electron chi connectivity index (χ4n) is 3.23. The molecule has 146 valence electrons. The summed E-state index contributed by atoms with van der Waals surface area (Å²) in [6.45, 7) is 3.82. The van der Waals surface area contributed by atoms with Crippen molar-refractivity contribution in [1.29, 1.82) is 0 Å². The zero-order valence-electron chi connectivity index (χ0n) is 16.8. The smallest absolute Gasteiger partial charge is 0.122 e. The average Bonchev–Trinajstić information content (AvgIpc) is 3.49. The molecule has 1 heterocycles. The first kappa shape index (κ1) is 21.0. The minimum absolute atomic E-state index is 0.328. The molecule has 2 rings (SSSR count). The van der Waals surface area contributed by atoms with E-state index < -0.39 is 0 Å². The standard InChI is InChI=1S/C24H38O2/c1-2-3-4-5-6-7-8-9-10-11-12-13-14-17-22-18-15-16-19-24(22)26-21-23-20-25-23/h6-7,15-16,18-19,23H,2-5,8-14,17,20-21H2,1H3/b7-6+. The SMILES string of the molecule is CCCCC/C=C/CCCCCCCCc1ccccc1OCC1CO1. The van der Waals surface area contributed by atoms with Crippen molar-refractivity contribution < 1.29 is 9.47 Å². The number of unbranched alkanes of at least 4 members (excludes halogenated alkanes) is 9. The van der Waals surface area contributed by atoms with Gasteiger partial charge in [-0.2, -0.15) is 0 Å². The van der Waals surface area contributed by atoms with Crippen molar-refractivity contribution >= 4 is 0 Å². The summed E-state index contributed by atoms with van der Waals surface area (Å²) in [6.07, 6.45) is 20.9. The molecule has 1 atom stereocenters. The molecule has 0 N–H and O–H groups in total. The molecule has 0 spiro atoms. The minimum atomic E-state index is 0.328. The van der Waals surface area contributed by atoms with Gasteiger partial charge in [0.05, 0.1) is 6.61 Å². The second kappa shape index (κ2) is 13.9. The molecule has 1 aromatic carbocycles. The van der Waals surface area contributed by atoms with Crippen LogP contribution < -0.4 is 4.74 Å². The normalized spacial score (nSPS) is 16.3. The Kier molecular flexibility index (Phi) is 11.2. The van der Waals surface area contributed by atoms with Gasteiger partial charge < -0.3 is 9.47 Å². The minimum Gasteiger partial charge on any atom is -0.491 e. The predicted molar refractivity (Wildman–Crippen MR) is 111 cm³/mol. The second-order valence-corrected chi connectivity index (χ2v) is 7.50. The van der Waals surface area contributed by atoms with E-state index in [1.165, 1.54) is 76.2 Å². The maximum Gasteiger partial charge on any atom is 0.122 e. The number of epoxide rings is 1. The molecule has 1 unspecified atom stereocenters. The first-order chi connectivity index (χ1) is 12.9. The molecular formula is C24H38O2. The Hall–Kier alpha value is -1.28. The highest BCUT2D eigenvalue weighted by atomic mass is 16.6. The Balaban J connectivity index is 1.44. The maximum absolute atomic E-state index is 5.89. The molecule has 2 heteroatoms. The van der Waals surface area contributed by atoms with Gasteiger partial charge in [0.2, 0.25) is 0 Å². The van der Waals surface area contributed by atoms with Crippen LogP contribution in [0.15, 0.2) is 36.4 Å². The third-order valence-electron chi connectivity index (χ3n) is 5.01. The van der Waals surface area contributed by atoms with Gasteiger partial charge in [-0.05, 0) is 50.2 Å². The predicted octanol–water partition coefficient (Wildman–Crippen LogP) is 6.87. The van der Waals surface area contributed by atoms with Crippen LogP contribution in [0.2, 0.25) is 0 Å². The van der Waals surface area contributed by atoms with E-state index in [-0.39, 0.29) is 0 Å². The molecule has 1 fully saturated rings. The lowest BCUT2D eigenvalue weighted by molar-refractivity contribution is 0.261. The van der Waals surface area contributed by atoms with Crippen LogP contribution in [0.1, 0.15) is 83.1 Å². The fourth-order valence-corrected chi connectivity index (χ4v) is 3.23. The first-order valence-corrected chi connectivity index (χ1v) is 10.9. The van der Waals surface area contributed by atoms with Gasteiger partial charge in [-0.25, -0.2) is 0 Å². The van der Waals surface area contributed by atoms with Gasteiger partial charge in [0, 0.05) is 0 Å². The Morgan fingerprint density at radius 2 is 1.58 bits per heavy atom. The molecule has 26 heavy (non-hydrogen) atoms. The van der Waals surface area contributed by atoms with Gasteiger partial charge >= 0.3 is 0 Å². The molecule has 0 bridgehead atoms. The zero-order valence-corrected chi connectivity index (χ0v) is 16.8. The van der Waals surface area contributed by atoms with Crippen molar-refractivity contribution in [1.82, 2.24) is 0 Å². The highest BCUT2D eigenvalue weighted by Gasteiger charge is 2.23. The third-order valence-corrected chi connectivity index (χ3v) is 5.01. The topological polar surface area (TPSA) is 21.8 Å². The van der Waals surface area contributed by atoms with E-state index in [9.17, 15) is 0 Å². The lowest BCUT2D eigenvalue weighted by atomic mass is 10.0. The number of rotatable bonds is 16. The van der Waals surface area contributed by atoms with Crippen LogP contribution in [0, 0.1) is 0 Å². The first-order valence-electron chi connectivity index (χ1n) is 10.9. The summed E-state index contributed by atoms with van der Waals surface area (Å²) in [5.74, 6) is 1.05. The largest absolute Gasteiger partial charge is 0.491 e. The number of ether oxygens (including phenoxy) is 2. The quantitative estimate of drug-likeness (QED) is 0.183. The molecular weight excluding hydrogens is 320 g/mol. The molecule has 0 radical (unpaired) electrons. The van der Waals surface area contributed by atoms with Crippen LogP contribution in [-0.4, -0.2) is 19.3 Å². The van der Waals surface area contributed by atoms with E-state index in [4.69, 9.17) is 9.47 Å². The highest BCUT2D eigenvalue weighted by molar-refractivity contribution is 5.33. The van der Waals surface area contributed by atoms with Gasteiger partial charge in [-0.15, -0.1) is 0 Å². The number of allylic oxidation sites excluding steroid dienone is 2. The second-order valence-electron chi connectivity index (χ2n) is 7.50. The van der Waals surface area contributed by atoms with Crippen LogP contribution in [0.4, 0.5) is 0 Å². The van der Waals surface area contributed by atoms with E-state index in [1.807, 2.05) is 0 Å². The molecule has 0 saturated carbocycles. The summed E-state index contributed by atoms with van der Waals surface area (Å²) in [5.41, 5.74) is 1.35. The summed E-state index contributed by atoms with van der Waals surface area (Å²) in [6, 6.07) is 8.47. The Morgan fingerprint density at radius 1 is 0.923 bits per heavy atom. The number of para-hydroxylation sites is 1. The maximum atomic E-state index is 5.89. The van der Waals surface area contributed by atoms with Crippen molar-refractivity contribution in [3.63, 3.8) is 0 Å². The van der Waals surface area contributed by atoms with Crippen molar-refractivity contribution in [2.75, 3.05) is 13.2 Å². The number of hydrogen-bond donors (Lipinski definition) is 0. The Labute approximate surface area is 161 Å². The van der Waals surface area contributed by atoms with E-state index in [2.05, 4.69) is 43.3 Å². The molecule has 0 aliphatic carbocycles. The van der Waals surface area contributed by atoms with Crippen molar-refractivity contribution in [2.24, 2.45) is 0 Å². The summed E-state index contributed by atoms with van der Waals surface area (Å²) in [4.78, 5) is 0. The van der Waals surface area contributed by atoms with Crippen molar-refractivity contribution in [3.8, 4) is 5.75 Å². The lowest BCUT2D eigenvalue weighted by Gasteiger charge is -2.10. The van der Waals surface area contributed by atoms with Crippen LogP contribution in [-0.2, 0) is 11.2 Å². The highest BCUT2D eigenvalue weighted by Crippen LogP contribution is 2.22. The van der Waals surface area contributed by atoms with E-state index >= 15 is 0 Å². The Bertz CT molecular complexity index is 491. The van der Waals surface area contributed by atoms with Crippen molar-refractivity contribution in [3.05, 3.63) is 42.0 Å². The van der Waals surface area contributed by atoms with E-state index in [1.54, 1.807) is 0 Å². The van der Waals surface area contributed by atoms with Gasteiger partial charge in [0.15, 0.2) is 0 Å². The lowest BCUT2D eigenvalue weighted by Crippen LogP contribution is -2.05. The molecule has 1 aromatic rings. The van der Waals surface area contributed by atoms with Crippen molar-refractivity contribution in [2.45, 2.75) is 90.1 Å². The molecule has 0 amide bonds. The van der Waals surface area contributed by atoms with E-state index in [0.29, 0.717) is 12.7 Å². The summed E-state index contributed by atoms with van der Waals surface area (Å²) >= 11 is 0. The van der Waals surface area contributed by atoms with Gasteiger partial charge in [-0.3, -0.25) is 0 Å². The summed E-state index contributed by atoms with van der Waals surface area (Å²) < 4.78 is 11.1. The molecule has 1 aliphatic rings. The number of hydrogen-bond acceptors (Lipinski definition) is 2. The monoisotopic (exact) mass is 358 g/mol. The van der Waals surface area contributed by atoms with Gasteiger partial charge in [0.1, 0.15) is 18.5 Å². The van der Waals surface area contributed by atoms with E-state index in [0.717, 1.165) is 18.8 Å².